The van der Waals surface area contributed by atoms with Crippen molar-refractivity contribution >= 4 is 57.1 Å². The van der Waals surface area contributed by atoms with Gasteiger partial charge in [0.1, 0.15) is 17.1 Å². The summed E-state index contributed by atoms with van der Waals surface area (Å²) in [4.78, 5) is 50.5. The average molecular weight is 536 g/mol. The summed E-state index contributed by atoms with van der Waals surface area (Å²) in [6.45, 7) is -0.224. The molecule has 5 amide bonds. The maximum absolute atomic E-state index is 12.9. The summed E-state index contributed by atoms with van der Waals surface area (Å²) in [5, 5.41) is 14.3. The van der Waals surface area contributed by atoms with Crippen molar-refractivity contribution in [1.82, 2.24) is 5.32 Å². The average Bonchev–Trinajstić information content (AvgIpc) is 2.83. The fraction of sp³-hybridized carbons (Fsp3) is 0.0400. The Morgan fingerprint density at radius 2 is 1.74 bits per heavy atom. The highest BCUT2D eigenvalue weighted by Gasteiger charge is 2.36. The van der Waals surface area contributed by atoms with Gasteiger partial charge in [0, 0.05) is 5.69 Å². The standard InChI is InChI=1S/C25H18BrN3O6/c26-20-13-15(6-11-21(20)35-14-22(31)27-16-4-2-1-3-5-16)12-19-23(32)28-25(34)29(24(19)33)17-7-9-18(30)10-8-17/h1-13,30H,14H2,(H,27,31)(H,28,32,34)/b19-12+. The normalized spacial score (nSPS) is 14.6. The number of halogens is 1. The lowest BCUT2D eigenvalue weighted by Gasteiger charge is -2.26. The summed E-state index contributed by atoms with van der Waals surface area (Å²) in [5.74, 6) is -1.62. The van der Waals surface area contributed by atoms with E-state index < -0.39 is 17.8 Å². The maximum atomic E-state index is 12.9. The van der Waals surface area contributed by atoms with Gasteiger partial charge in [-0.2, -0.15) is 0 Å². The van der Waals surface area contributed by atoms with Crippen molar-refractivity contribution in [3.63, 3.8) is 0 Å². The lowest BCUT2D eigenvalue weighted by atomic mass is 10.1. The van der Waals surface area contributed by atoms with Gasteiger partial charge in [-0.05, 0) is 76.1 Å². The van der Waals surface area contributed by atoms with Crippen LogP contribution in [-0.2, 0) is 14.4 Å². The molecule has 0 bridgehead atoms. The number of amides is 5. The van der Waals surface area contributed by atoms with E-state index in [-0.39, 0.29) is 29.5 Å². The molecule has 1 fully saturated rings. The Labute approximate surface area is 208 Å². The van der Waals surface area contributed by atoms with E-state index in [1.54, 1.807) is 42.5 Å². The number of rotatable bonds is 6. The summed E-state index contributed by atoms with van der Waals surface area (Å²) in [6, 6.07) is 18.3. The number of hydrogen-bond donors (Lipinski definition) is 3. The van der Waals surface area contributed by atoms with E-state index >= 15 is 0 Å². The van der Waals surface area contributed by atoms with E-state index in [0.717, 1.165) is 4.90 Å². The molecule has 10 heteroatoms. The third kappa shape index (κ3) is 5.56. The summed E-state index contributed by atoms with van der Waals surface area (Å²) >= 11 is 3.36. The van der Waals surface area contributed by atoms with Crippen molar-refractivity contribution in [2.45, 2.75) is 0 Å². The van der Waals surface area contributed by atoms with E-state index in [1.807, 2.05) is 6.07 Å². The first-order valence-electron chi connectivity index (χ1n) is 10.3. The van der Waals surface area contributed by atoms with Crippen molar-refractivity contribution < 1.29 is 29.0 Å². The molecule has 1 aliphatic heterocycles. The number of para-hydroxylation sites is 1. The van der Waals surface area contributed by atoms with Crippen molar-refractivity contribution in [3.8, 4) is 11.5 Å². The van der Waals surface area contributed by atoms with Crippen LogP contribution >= 0.6 is 15.9 Å². The third-order valence-electron chi connectivity index (χ3n) is 4.89. The number of urea groups is 1. The zero-order valence-corrected chi connectivity index (χ0v) is 19.6. The Bertz CT molecular complexity index is 1340. The lowest BCUT2D eigenvalue weighted by molar-refractivity contribution is -0.122. The highest BCUT2D eigenvalue weighted by Crippen LogP contribution is 2.28. The Morgan fingerprint density at radius 1 is 1.03 bits per heavy atom. The molecule has 0 radical (unpaired) electrons. The number of barbiturate groups is 1. The number of carbonyl (C=O) groups excluding carboxylic acids is 4. The van der Waals surface area contributed by atoms with Gasteiger partial charge >= 0.3 is 6.03 Å². The number of benzene rings is 3. The van der Waals surface area contributed by atoms with Crippen LogP contribution in [0.4, 0.5) is 16.2 Å². The van der Waals surface area contributed by atoms with Crippen LogP contribution in [0.1, 0.15) is 5.56 Å². The summed E-state index contributed by atoms with van der Waals surface area (Å²) in [5.41, 5.74) is 1.08. The first kappa shape index (κ1) is 23.7. The predicted octanol–water partition coefficient (Wildman–Crippen LogP) is 3.84. The molecule has 0 aliphatic carbocycles. The molecule has 0 saturated carbocycles. The lowest BCUT2D eigenvalue weighted by Crippen LogP contribution is -2.54. The second-order valence-corrected chi connectivity index (χ2v) is 8.22. The van der Waals surface area contributed by atoms with Gasteiger partial charge in [0.2, 0.25) is 0 Å². The van der Waals surface area contributed by atoms with Crippen LogP contribution in [0.3, 0.4) is 0 Å². The molecule has 3 N–H and O–H groups in total. The summed E-state index contributed by atoms with van der Waals surface area (Å²) < 4.78 is 6.05. The second kappa shape index (κ2) is 10.2. The fourth-order valence-corrected chi connectivity index (χ4v) is 3.76. The topological polar surface area (TPSA) is 125 Å². The first-order chi connectivity index (χ1) is 16.8. The highest BCUT2D eigenvalue weighted by atomic mass is 79.9. The molecule has 1 heterocycles. The number of ether oxygens (including phenoxy) is 1. The number of phenolic OH excluding ortho intramolecular Hbond substituents is 1. The number of carbonyl (C=O) groups is 4. The fourth-order valence-electron chi connectivity index (χ4n) is 3.25. The SMILES string of the molecule is O=C(COc1ccc(/C=C2\C(=O)NC(=O)N(c3ccc(O)cc3)C2=O)cc1Br)Nc1ccccc1. The van der Waals surface area contributed by atoms with Crippen LogP contribution in [0.5, 0.6) is 11.5 Å². The Kier molecular flexibility index (Phi) is 6.93. The Hall–Kier alpha value is -4.44. The Morgan fingerprint density at radius 3 is 2.43 bits per heavy atom. The number of anilines is 2. The molecule has 9 nitrogen and oxygen atoms in total. The Balaban J connectivity index is 1.48. The molecule has 35 heavy (non-hydrogen) atoms. The zero-order chi connectivity index (χ0) is 24.9. The monoisotopic (exact) mass is 535 g/mol. The molecule has 0 atom stereocenters. The summed E-state index contributed by atoms with van der Waals surface area (Å²) in [6.07, 6.45) is 1.34. The maximum Gasteiger partial charge on any atom is 0.335 e. The number of aromatic hydroxyl groups is 1. The zero-order valence-electron chi connectivity index (χ0n) is 18.0. The molecule has 1 aliphatic rings. The smallest absolute Gasteiger partial charge is 0.335 e. The van der Waals surface area contributed by atoms with E-state index in [2.05, 4.69) is 26.6 Å². The number of nitrogens with one attached hydrogen (secondary N) is 2. The summed E-state index contributed by atoms with van der Waals surface area (Å²) in [7, 11) is 0. The molecule has 3 aromatic carbocycles. The van der Waals surface area contributed by atoms with E-state index in [0.29, 0.717) is 21.5 Å². The third-order valence-corrected chi connectivity index (χ3v) is 5.51. The molecule has 1 saturated heterocycles. The first-order valence-corrected chi connectivity index (χ1v) is 11.1. The van der Waals surface area contributed by atoms with E-state index in [1.165, 1.54) is 30.3 Å². The van der Waals surface area contributed by atoms with Gasteiger partial charge in [0.25, 0.3) is 17.7 Å². The minimum absolute atomic E-state index is 0.0323. The van der Waals surface area contributed by atoms with Crippen LogP contribution in [0, 0.1) is 0 Å². The molecule has 0 aromatic heterocycles. The van der Waals surface area contributed by atoms with Gasteiger partial charge in [-0.25, -0.2) is 9.69 Å². The molecule has 176 valence electrons. The second-order valence-electron chi connectivity index (χ2n) is 7.37. The molecular weight excluding hydrogens is 518 g/mol. The predicted molar refractivity (Wildman–Crippen MR) is 132 cm³/mol. The molecule has 4 rings (SSSR count). The van der Waals surface area contributed by atoms with Crippen LogP contribution in [0.15, 0.2) is 82.8 Å². The van der Waals surface area contributed by atoms with Crippen molar-refractivity contribution in [2.75, 3.05) is 16.8 Å². The van der Waals surface area contributed by atoms with Crippen molar-refractivity contribution in [1.29, 1.82) is 0 Å². The van der Waals surface area contributed by atoms with Crippen molar-refractivity contribution in [2.24, 2.45) is 0 Å². The molecular formula is C25H18BrN3O6. The van der Waals surface area contributed by atoms with Gasteiger partial charge in [0.05, 0.1) is 10.2 Å². The minimum Gasteiger partial charge on any atom is -0.508 e. The number of hydrogen-bond acceptors (Lipinski definition) is 6. The van der Waals surface area contributed by atoms with Crippen LogP contribution in [-0.4, -0.2) is 35.5 Å². The van der Waals surface area contributed by atoms with Gasteiger partial charge < -0.3 is 15.2 Å². The van der Waals surface area contributed by atoms with E-state index in [9.17, 15) is 24.3 Å². The van der Waals surface area contributed by atoms with Gasteiger partial charge in [0.15, 0.2) is 6.61 Å². The quantitative estimate of drug-likeness (QED) is 0.325. The van der Waals surface area contributed by atoms with Crippen LogP contribution in [0.2, 0.25) is 0 Å². The van der Waals surface area contributed by atoms with E-state index in [4.69, 9.17) is 4.74 Å². The van der Waals surface area contributed by atoms with Crippen LogP contribution < -0.4 is 20.3 Å². The number of phenols is 1. The minimum atomic E-state index is -0.887. The molecule has 3 aromatic rings. The van der Waals surface area contributed by atoms with Gasteiger partial charge in [-0.3, -0.25) is 19.7 Å². The van der Waals surface area contributed by atoms with Gasteiger partial charge in [-0.15, -0.1) is 0 Å². The van der Waals surface area contributed by atoms with Crippen LogP contribution in [0.25, 0.3) is 6.08 Å². The van der Waals surface area contributed by atoms with Crippen molar-refractivity contribution in [3.05, 3.63) is 88.4 Å². The van der Waals surface area contributed by atoms with Gasteiger partial charge in [-0.1, -0.05) is 24.3 Å². The number of nitrogens with zero attached hydrogens (tertiary/aromatic N) is 1. The highest BCUT2D eigenvalue weighted by molar-refractivity contribution is 9.10. The molecule has 0 unspecified atom stereocenters. The largest absolute Gasteiger partial charge is 0.508 e. The number of imide groups is 2. The molecule has 0 spiro atoms.